The van der Waals surface area contributed by atoms with Gasteiger partial charge in [0, 0.05) is 12.8 Å². The molecule has 0 fully saturated rings. The maximum Gasteiger partial charge on any atom is 0.469 e. The molecule has 0 radical (unpaired) electrons. The van der Waals surface area contributed by atoms with Gasteiger partial charge in [0.25, 0.3) is 0 Å². The summed E-state index contributed by atoms with van der Waals surface area (Å²) in [4.78, 5) is 42.6. The third kappa shape index (κ3) is 36.9. The van der Waals surface area contributed by atoms with E-state index in [-0.39, 0.29) is 19.4 Å². The van der Waals surface area contributed by atoms with Crippen LogP contribution in [0.2, 0.25) is 0 Å². The zero-order chi connectivity index (χ0) is 34.7. The Kier molecular flexibility index (Phi) is 32.9. The van der Waals surface area contributed by atoms with Crippen LogP contribution in [0.3, 0.4) is 0 Å². The first-order chi connectivity index (χ1) is 22.8. The van der Waals surface area contributed by atoms with E-state index in [9.17, 15) is 14.2 Å². The van der Waals surface area contributed by atoms with E-state index in [1.54, 1.807) is 0 Å². The molecular formula is C38H69O8P. The zero-order valence-corrected chi connectivity index (χ0v) is 30.8. The van der Waals surface area contributed by atoms with Crippen molar-refractivity contribution in [3.05, 3.63) is 36.5 Å². The SMILES string of the molecule is CCCCC/C=C\C/C=C\C/C=C\CCCCCCC(=O)O[C@H](COC(=O)CCCCCCCCCCCCCC)COP(=O)(O)O. The second kappa shape index (κ2) is 34.1. The number of phosphoric ester groups is 1. The van der Waals surface area contributed by atoms with Gasteiger partial charge in [-0.1, -0.05) is 147 Å². The van der Waals surface area contributed by atoms with Crippen molar-refractivity contribution in [1.82, 2.24) is 0 Å². The minimum absolute atomic E-state index is 0.187. The maximum absolute atomic E-state index is 12.3. The summed E-state index contributed by atoms with van der Waals surface area (Å²) in [5.41, 5.74) is 0. The van der Waals surface area contributed by atoms with E-state index in [4.69, 9.17) is 19.3 Å². The molecule has 9 heteroatoms. The van der Waals surface area contributed by atoms with E-state index in [2.05, 4.69) is 54.8 Å². The summed E-state index contributed by atoms with van der Waals surface area (Å²) in [6.45, 7) is 3.62. The summed E-state index contributed by atoms with van der Waals surface area (Å²) in [7, 11) is -4.75. The van der Waals surface area contributed by atoms with Crippen LogP contribution >= 0.6 is 7.82 Å². The molecule has 0 heterocycles. The van der Waals surface area contributed by atoms with Gasteiger partial charge >= 0.3 is 19.8 Å². The number of phosphoric acid groups is 1. The monoisotopic (exact) mass is 684 g/mol. The highest BCUT2D eigenvalue weighted by atomic mass is 31.2. The van der Waals surface area contributed by atoms with Crippen molar-refractivity contribution in [2.24, 2.45) is 0 Å². The van der Waals surface area contributed by atoms with Crippen LogP contribution < -0.4 is 0 Å². The van der Waals surface area contributed by atoms with Crippen molar-refractivity contribution < 1.29 is 37.9 Å². The van der Waals surface area contributed by atoms with Crippen LogP contribution in [0.5, 0.6) is 0 Å². The number of esters is 2. The number of unbranched alkanes of at least 4 members (excludes halogenated alkanes) is 18. The minimum atomic E-state index is -4.75. The highest BCUT2D eigenvalue weighted by Crippen LogP contribution is 2.36. The van der Waals surface area contributed by atoms with Gasteiger partial charge in [-0.05, 0) is 51.4 Å². The molecule has 0 aliphatic rings. The van der Waals surface area contributed by atoms with E-state index in [0.717, 1.165) is 57.8 Å². The van der Waals surface area contributed by atoms with Gasteiger partial charge < -0.3 is 19.3 Å². The quantitative estimate of drug-likeness (QED) is 0.0297. The number of hydrogen-bond acceptors (Lipinski definition) is 6. The molecular weight excluding hydrogens is 615 g/mol. The van der Waals surface area contributed by atoms with Crippen LogP contribution in [-0.2, 0) is 28.2 Å². The minimum Gasteiger partial charge on any atom is -0.462 e. The van der Waals surface area contributed by atoms with Gasteiger partial charge in [0.05, 0.1) is 6.61 Å². The Labute approximate surface area is 287 Å². The number of carbonyl (C=O) groups is 2. The molecule has 274 valence electrons. The average molecular weight is 685 g/mol. The summed E-state index contributed by atoms with van der Waals surface area (Å²) < 4.78 is 26.3. The lowest BCUT2D eigenvalue weighted by Gasteiger charge is -2.18. The summed E-state index contributed by atoms with van der Waals surface area (Å²) in [5.74, 6) is -0.909. The Morgan fingerprint density at radius 1 is 0.553 bits per heavy atom. The Balaban J connectivity index is 4.02. The molecule has 0 unspecified atom stereocenters. The van der Waals surface area contributed by atoms with Crippen molar-refractivity contribution in [2.75, 3.05) is 13.2 Å². The fourth-order valence-corrected chi connectivity index (χ4v) is 5.45. The Morgan fingerprint density at radius 3 is 1.47 bits per heavy atom. The third-order valence-corrected chi connectivity index (χ3v) is 8.40. The molecule has 47 heavy (non-hydrogen) atoms. The molecule has 0 saturated heterocycles. The van der Waals surface area contributed by atoms with Crippen LogP contribution in [0.25, 0.3) is 0 Å². The van der Waals surface area contributed by atoms with E-state index in [0.29, 0.717) is 6.42 Å². The van der Waals surface area contributed by atoms with Crippen molar-refractivity contribution in [1.29, 1.82) is 0 Å². The summed E-state index contributed by atoms with van der Waals surface area (Å²) >= 11 is 0. The molecule has 0 aliphatic carbocycles. The van der Waals surface area contributed by atoms with Gasteiger partial charge in [-0.15, -0.1) is 0 Å². The molecule has 1 atom stereocenters. The molecule has 0 aromatic heterocycles. The number of ether oxygens (including phenoxy) is 2. The second-order valence-electron chi connectivity index (χ2n) is 12.6. The standard InChI is InChI=1S/C38H69O8P/c1-3-5-7-9-11-13-15-17-18-19-20-21-23-25-27-29-31-33-38(40)46-36(35-45-47(41,42)43)34-44-37(39)32-30-28-26-24-22-16-14-12-10-8-6-4-2/h11,13,17-18,20-21,36H,3-10,12,14-16,19,22-35H2,1-2H3,(H2,41,42,43)/b13-11-,18-17-,21-20-/t36-/m1/s1. The van der Waals surface area contributed by atoms with Gasteiger partial charge in [0.1, 0.15) is 6.61 Å². The van der Waals surface area contributed by atoms with Crippen molar-refractivity contribution in [3.63, 3.8) is 0 Å². The summed E-state index contributed by atoms with van der Waals surface area (Å²) in [6.07, 6.45) is 38.6. The van der Waals surface area contributed by atoms with E-state index in [1.165, 1.54) is 83.5 Å². The normalized spacial score (nSPS) is 12.9. The average Bonchev–Trinajstić information content (AvgIpc) is 3.04. The lowest BCUT2D eigenvalue weighted by molar-refractivity contribution is -0.161. The molecule has 0 aromatic carbocycles. The molecule has 0 bridgehead atoms. The molecule has 0 saturated carbocycles. The number of carbonyl (C=O) groups excluding carboxylic acids is 2. The number of hydrogen-bond donors (Lipinski definition) is 2. The van der Waals surface area contributed by atoms with Crippen LogP contribution in [0.15, 0.2) is 36.5 Å². The zero-order valence-electron chi connectivity index (χ0n) is 29.9. The van der Waals surface area contributed by atoms with Gasteiger partial charge in [0.15, 0.2) is 6.10 Å². The second-order valence-corrected chi connectivity index (χ2v) is 13.8. The molecule has 0 aromatic rings. The van der Waals surface area contributed by atoms with Gasteiger partial charge in [-0.2, -0.15) is 0 Å². The van der Waals surface area contributed by atoms with Crippen LogP contribution in [0, 0.1) is 0 Å². The van der Waals surface area contributed by atoms with Crippen molar-refractivity contribution in [2.45, 2.75) is 180 Å². The molecule has 8 nitrogen and oxygen atoms in total. The fraction of sp³-hybridized carbons (Fsp3) is 0.789. The van der Waals surface area contributed by atoms with Crippen LogP contribution in [0.4, 0.5) is 0 Å². The highest BCUT2D eigenvalue weighted by Gasteiger charge is 2.22. The highest BCUT2D eigenvalue weighted by molar-refractivity contribution is 7.46. The molecule has 0 aliphatic heterocycles. The Hall–Kier alpha value is -1.73. The molecule has 0 amide bonds. The summed E-state index contributed by atoms with van der Waals surface area (Å²) in [5, 5.41) is 0. The lowest BCUT2D eigenvalue weighted by Crippen LogP contribution is -2.29. The Bertz CT molecular complexity index is 864. The molecule has 0 spiro atoms. The fourth-order valence-electron chi connectivity index (χ4n) is 5.08. The van der Waals surface area contributed by atoms with Crippen molar-refractivity contribution >= 4 is 19.8 Å². The number of allylic oxidation sites excluding steroid dienone is 6. The topological polar surface area (TPSA) is 119 Å². The molecule has 0 rings (SSSR count). The van der Waals surface area contributed by atoms with Crippen LogP contribution in [0.1, 0.15) is 174 Å². The Morgan fingerprint density at radius 2 is 0.957 bits per heavy atom. The molecule has 2 N–H and O–H groups in total. The third-order valence-electron chi connectivity index (χ3n) is 7.91. The smallest absolute Gasteiger partial charge is 0.462 e. The van der Waals surface area contributed by atoms with Crippen LogP contribution in [-0.4, -0.2) is 41.0 Å². The van der Waals surface area contributed by atoms with E-state index >= 15 is 0 Å². The predicted molar refractivity (Wildman–Crippen MR) is 193 cm³/mol. The number of rotatable bonds is 34. The van der Waals surface area contributed by atoms with E-state index in [1.807, 2.05) is 0 Å². The van der Waals surface area contributed by atoms with E-state index < -0.39 is 32.5 Å². The summed E-state index contributed by atoms with van der Waals surface area (Å²) in [6, 6.07) is 0. The van der Waals surface area contributed by atoms with Gasteiger partial charge in [-0.25, -0.2) is 4.57 Å². The first-order valence-corrected chi connectivity index (χ1v) is 20.3. The van der Waals surface area contributed by atoms with Gasteiger partial charge in [-0.3, -0.25) is 14.1 Å². The van der Waals surface area contributed by atoms with Crippen molar-refractivity contribution in [3.8, 4) is 0 Å². The first-order valence-electron chi connectivity index (χ1n) is 18.8. The van der Waals surface area contributed by atoms with Gasteiger partial charge in [0.2, 0.25) is 0 Å². The maximum atomic E-state index is 12.3. The predicted octanol–water partition coefficient (Wildman–Crippen LogP) is 11.0. The largest absolute Gasteiger partial charge is 0.469 e. The first kappa shape index (κ1) is 45.3. The lowest BCUT2D eigenvalue weighted by atomic mass is 10.0.